The van der Waals surface area contributed by atoms with Gasteiger partial charge >= 0.3 is 0 Å². The van der Waals surface area contributed by atoms with Crippen molar-refractivity contribution in [2.45, 2.75) is 134 Å². The Kier molecular flexibility index (Phi) is 15.2. The Morgan fingerprint density at radius 2 is 1.52 bits per heavy atom. The smallest absolute Gasteiger partial charge is 0.266 e. The van der Waals surface area contributed by atoms with Crippen molar-refractivity contribution in [3.63, 3.8) is 0 Å². The minimum Gasteiger partial charge on any atom is -0.541 e. The standard InChI is InChI=1S/C32H38BN2O.C13H24O2.Ir/c1-19(2)24-11-10-12-25(20(3)4)30(24)33-26-16-23(17-32(7,8)9)13-14-27(26)35-29(33)18-34-31(35)28-15-21(5)22(6)36-28;1-5-10(6-2)12(14)9-13(15)11(7-3)8-4;/h10-14,16,18-20H,17H2,1-9H3;9-11,14H,5-8H2,1-4H3;/q-1;;/b;12-9-;. The molecular weight excluding hydrogens is 820 g/mol. The summed E-state index contributed by atoms with van der Waals surface area (Å²) in [6.45, 7) is 28.4. The first-order chi connectivity index (χ1) is 24.1. The van der Waals surface area contributed by atoms with Crippen LogP contribution in [0.1, 0.15) is 142 Å². The van der Waals surface area contributed by atoms with Crippen molar-refractivity contribution >= 4 is 29.0 Å². The molecule has 0 saturated heterocycles. The number of fused-ring (bicyclic) bond motifs is 3. The van der Waals surface area contributed by atoms with Crippen LogP contribution in [0, 0.1) is 37.2 Å². The number of hydrogen-bond acceptors (Lipinski definition) is 4. The molecule has 283 valence electrons. The summed E-state index contributed by atoms with van der Waals surface area (Å²) >= 11 is 0. The zero-order valence-corrected chi connectivity index (χ0v) is 36.4. The van der Waals surface area contributed by atoms with Gasteiger partial charge < -0.3 is 14.1 Å². The van der Waals surface area contributed by atoms with Crippen molar-refractivity contribution in [3.05, 3.63) is 88.5 Å². The Morgan fingerprint density at radius 3 is 2.00 bits per heavy atom. The van der Waals surface area contributed by atoms with E-state index in [1.54, 1.807) is 0 Å². The molecule has 1 aliphatic heterocycles. The second-order valence-corrected chi connectivity index (χ2v) is 16.3. The van der Waals surface area contributed by atoms with Gasteiger partial charge in [-0.25, -0.2) is 0 Å². The van der Waals surface area contributed by atoms with E-state index < -0.39 is 0 Å². The van der Waals surface area contributed by atoms with Gasteiger partial charge in [0.2, 0.25) is 0 Å². The van der Waals surface area contributed by atoms with Gasteiger partial charge in [-0.2, -0.15) is 0 Å². The summed E-state index contributed by atoms with van der Waals surface area (Å²) in [5.41, 5.74) is 10.7. The van der Waals surface area contributed by atoms with Gasteiger partial charge in [0.15, 0.2) is 5.78 Å². The van der Waals surface area contributed by atoms with E-state index in [0.29, 0.717) is 17.6 Å². The number of furan rings is 1. The quantitative estimate of drug-likeness (QED) is 0.0587. The van der Waals surface area contributed by atoms with Gasteiger partial charge in [-0.3, -0.25) is 9.78 Å². The van der Waals surface area contributed by atoms with Crippen LogP contribution in [0.4, 0.5) is 0 Å². The number of allylic oxidation sites excluding steroid dienone is 2. The largest absolute Gasteiger partial charge is 0.541 e. The summed E-state index contributed by atoms with van der Waals surface area (Å²) in [6.07, 6.45) is 8.01. The summed E-state index contributed by atoms with van der Waals surface area (Å²) < 4.78 is 8.43. The van der Waals surface area contributed by atoms with E-state index in [4.69, 9.17) is 9.40 Å². The monoisotopic (exact) mass is 882 g/mol. The van der Waals surface area contributed by atoms with E-state index in [2.05, 4.69) is 102 Å². The van der Waals surface area contributed by atoms with E-state index >= 15 is 0 Å². The average molecular weight is 882 g/mol. The molecule has 0 atom stereocenters. The molecule has 1 aliphatic rings. The zero-order valence-electron chi connectivity index (χ0n) is 34.0. The molecule has 0 saturated carbocycles. The number of carbonyl (C=O) groups excluding carboxylic acids is 1. The number of ketones is 1. The number of imidazole rings is 1. The summed E-state index contributed by atoms with van der Waals surface area (Å²) in [5.74, 6) is 3.85. The molecule has 3 heterocycles. The van der Waals surface area contributed by atoms with Crippen LogP contribution in [0.2, 0.25) is 0 Å². The molecule has 0 bridgehead atoms. The minimum absolute atomic E-state index is 0. The third-order valence-corrected chi connectivity index (χ3v) is 10.5. The summed E-state index contributed by atoms with van der Waals surface area (Å²) in [6, 6.07) is 17.3. The molecule has 2 aromatic carbocycles. The first kappa shape index (κ1) is 43.3. The van der Waals surface area contributed by atoms with Gasteiger partial charge in [-0.1, -0.05) is 126 Å². The molecule has 2 aromatic heterocycles. The maximum atomic E-state index is 11.7. The summed E-state index contributed by atoms with van der Waals surface area (Å²) in [5, 5.41) is 9.76. The van der Waals surface area contributed by atoms with E-state index in [1.165, 1.54) is 45.0 Å². The van der Waals surface area contributed by atoms with E-state index in [1.807, 2.05) is 41.5 Å². The number of aromatic nitrogens is 2. The normalized spacial score (nSPS) is 12.7. The maximum Gasteiger partial charge on any atom is 0.266 e. The minimum atomic E-state index is 0. The van der Waals surface area contributed by atoms with Gasteiger partial charge in [-0.05, 0) is 77.6 Å². The van der Waals surface area contributed by atoms with E-state index in [9.17, 15) is 9.90 Å². The van der Waals surface area contributed by atoms with Crippen LogP contribution >= 0.6 is 0 Å². The number of aliphatic hydroxyl groups excluding tert-OH is 1. The van der Waals surface area contributed by atoms with Crippen LogP contribution in [-0.4, -0.2) is 27.2 Å². The number of benzene rings is 2. The molecule has 5 rings (SSSR count). The molecule has 4 aromatic rings. The van der Waals surface area contributed by atoms with Crippen molar-refractivity contribution in [2.75, 3.05) is 0 Å². The summed E-state index contributed by atoms with van der Waals surface area (Å²) in [7, 11) is 0. The number of rotatable bonds is 12. The Balaban J connectivity index is 0.000000389. The second kappa shape index (κ2) is 18.3. The number of nitrogens with zero attached hydrogens (tertiary/aromatic N) is 2. The first-order valence-electron chi connectivity index (χ1n) is 19.3. The first-order valence-corrected chi connectivity index (χ1v) is 19.3. The molecule has 1 N–H and O–H groups in total. The van der Waals surface area contributed by atoms with Gasteiger partial charge in [0.1, 0.15) is 0 Å². The van der Waals surface area contributed by atoms with Crippen LogP contribution in [0.15, 0.2) is 58.8 Å². The van der Waals surface area contributed by atoms with Crippen LogP contribution in [0.5, 0.6) is 0 Å². The van der Waals surface area contributed by atoms with Crippen molar-refractivity contribution in [3.8, 4) is 17.3 Å². The molecule has 0 spiro atoms. The third-order valence-electron chi connectivity index (χ3n) is 10.5. The molecule has 1 radical (unpaired) electrons. The summed E-state index contributed by atoms with van der Waals surface area (Å²) in [4.78, 5) is 16.6. The third kappa shape index (κ3) is 9.50. The predicted molar refractivity (Wildman–Crippen MR) is 216 cm³/mol. The Hall–Kier alpha value is -3.15. The molecule has 0 aliphatic carbocycles. The Bertz CT molecular complexity index is 1790. The fourth-order valence-electron chi connectivity index (χ4n) is 7.54. The van der Waals surface area contributed by atoms with Gasteiger partial charge in [0.25, 0.3) is 6.71 Å². The molecule has 0 fully saturated rings. The Labute approximate surface area is 328 Å². The maximum absolute atomic E-state index is 11.7. The molecule has 52 heavy (non-hydrogen) atoms. The molecule has 5 nitrogen and oxygen atoms in total. The zero-order chi connectivity index (χ0) is 37.8. The average Bonchev–Trinajstić information content (AvgIpc) is 3.73. The number of aryl methyl sites for hydroxylation is 2. The van der Waals surface area contributed by atoms with Crippen molar-refractivity contribution in [1.29, 1.82) is 0 Å². The van der Waals surface area contributed by atoms with E-state index in [0.717, 1.165) is 49.3 Å². The topological polar surface area (TPSA) is 68.3 Å². The SMILES string of the molecule is CCC(CC)C(=O)/C=C(\O)C(CC)CC.Cc1[c-]c(-c2ncc3n2-c2ccc(CC(C)(C)C)cc2B3c2c(C(C)C)cccc2C(C)C)oc1C.[Ir]. The molecule has 7 heteroatoms. The van der Waals surface area contributed by atoms with E-state index in [-0.39, 0.29) is 55.6 Å². The van der Waals surface area contributed by atoms with Crippen LogP contribution in [0.25, 0.3) is 17.3 Å². The van der Waals surface area contributed by atoms with Gasteiger partial charge in [0.05, 0.1) is 11.6 Å². The second-order valence-electron chi connectivity index (χ2n) is 16.3. The van der Waals surface area contributed by atoms with Gasteiger partial charge in [-0.15, -0.1) is 11.6 Å². The molecule has 0 amide bonds. The van der Waals surface area contributed by atoms with Crippen LogP contribution in [0.3, 0.4) is 0 Å². The predicted octanol–water partition coefficient (Wildman–Crippen LogP) is 10.1. The van der Waals surface area contributed by atoms with Crippen LogP contribution in [-0.2, 0) is 31.3 Å². The number of aliphatic hydroxyl groups is 1. The fourth-order valence-corrected chi connectivity index (χ4v) is 7.54. The Morgan fingerprint density at radius 1 is 0.942 bits per heavy atom. The van der Waals surface area contributed by atoms with Crippen molar-refractivity contribution < 1.29 is 34.4 Å². The molecule has 0 unspecified atom stereocenters. The molecular formula is C45H62BIrN2O3-. The fraction of sp³-hybridized carbons (Fsp3) is 0.511. The number of carbonyl (C=O) groups is 1. The van der Waals surface area contributed by atoms with Crippen molar-refractivity contribution in [1.82, 2.24) is 9.55 Å². The van der Waals surface area contributed by atoms with Crippen molar-refractivity contribution in [2.24, 2.45) is 17.3 Å². The number of hydrogen-bond donors (Lipinski definition) is 1. The van der Waals surface area contributed by atoms with Gasteiger partial charge in [0, 0.05) is 67.0 Å². The van der Waals surface area contributed by atoms with Crippen LogP contribution < -0.4 is 16.5 Å².